The van der Waals surface area contributed by atoms with E-state index in [0.29, 0.717) is 158 Å². The SMILES string of the molecule is CC(C)(C)C(=O)CCOCCOCCOCCOCCOCCOCCOCCOCCOCCOCCOCCC(=O)C(C)(C)C. The molecule has 13 heteroatoms. The molecule has 0 aromatic rings. The van der Waals surface area contributed by atoms with Gasteiger partial charge in [0.15, 0.2) is 0 Å². The molecule has 0 aliphatic carbocycles. The van der Waals surface area contributed by atoms with Gasteiger partial charge in [0, 0.05) is 23.7 Å². The maximum Gasteiger partial charge on any atom is 0.140 e. The second kappa shape index (κ2) is 32.1. The molecule has 280 valence electrons. The number of ether oxygens (including phenoxy) is 11. The smallest absolute Gasteiger partial charge is 0.140 e. The van der Waals surface area contributed by atoms with Crippen LogP contribution in [0.4, 0.5) is 0 Å². The Balaban J connectivity index is 3.13. The van der Waals surface area contributed by atoms with Crippen LogP contribution in [0, 0.1) is 10.8 Å². The van der Waals surface area contributed by atoms with Gasteiger partial charge in [-0.05, 0) is 0 Å². The zero-order valence-electron chi connectivity index (χ0n) is 30.3. The summed E-state index contributed by atoms with van der Waals surface area (Å²) in [4.78, 5) is 23.6. The van der Waals surface area contributed by atoms with Crippen LogP contribution in [-0.4, -0.2) is 157 Å². The molecule has 0 saturated heterocycles. The van der Waals surface area contributed by atoms with Crippen molar-refractivity contribution >= 4 is 11.6 Å². The topological polar surface area (TPSA) is 136 Å². The molecule has 0 N–H and O–H groups in total. The first kappa shape index (κ1) is 45.9. The van der Waals surface area contributed by atoms with Crippen LogP contribution in [0.15, 0.2) is 0 Å². The summed E-state index contributed by atoms with van der Waals surface area (Å²) < 4.78 is 60.0. The molecule has 0 atom stereocenters. The minimum atomic E-state index is -0.316. The van der Waals surface area contributed by atoms with E-state index in [4.69, 9.17) is 52.1 Å². The normalized spacial score (nSPS) is 12.2. The molecule has 0 radical (unpaired) electrons. The zero-order chi connectivity index (χ0) is 34.9. The van der Waals surface area contributed by atoms with Gasteiger partial charge in [0.1, 0.15) is 11.6 Å². The molecule has 0 rings (SSSR count). The largest absolute Gasteiger partial charge is 0.379 e. The van der Waals surface area contributed by atoms with Gasteiger partial charge < -0.3 is 52.1 Å². The second-order valence-electron chi connectivity index (χ2n) is 12.6. The molecule has 0 heterocycles. The lowest BCUT2D eigenvalue weighted by Gasteiger charge is -2.16. The van der Waals surface area contributed by atoms with E-state index >= 15 is 0 Å². The summed E-state index contributed by atoms with van der Waals surface area (Å²) in [6.07, 6.45) is 0.860. The summed E-state index contributed by atoms with van der Waals surface area (Å²) in [7, 11) is 0. The highest BCUT2D eigenvalue weighted by Crippen LogP contribution is 2.17. The van der Waals surface area contributed by atoms with Crippen molar-refractivity contribution in [3.63, 3.8) is 0 Å². The number of Topliss-reactive ketones (excluding diaryl/α,β-unsaturated/α-hetero) is 2. The number of ketones is 2. The molecule has 0 amide bonds. The van der Waals surface area contributed by atoms with Gasteiger partial charge in [0.2, 0.25) is 0 Å². The van der Waals surface area contributed by atoms with E-state index in [1.54, 1.807) is 0 Å². The van der Waals surface area contributed by atoms with Crippen LogP contribution in [0.25, 0.3) is 0 Å². The number of carbonyl (C=O) groups excluding carboxylic acids is 2. The highest BCUT2D eigenvalue weighted by Gasteiger charge is 2.21. The summed E-state index contributed by atoms with van der Waals surface area (Å²) in [5.74, 6) is 0.401. The van der Waals surface area contributed by atoms with Crippen molar-refractivity contribution in [1.29, 1.82) is 0 Å². The van der Waals surface area contributed by atoms with Crippen LogP contribution in [0.5, 0.6) is 0 Å². The number of hydrogen-bond donors (Lipinski definition) is 0. The fourth-order valence-corrected chi connectivity index (χ4v) is 3.38. The first-order valence-corrected chi connectivity index (χ1v) is 17.0. The van der Waals surface area contributed by atoms with Gasteiger partial charge in [-0.1, -0.05) is 41.5 Å². The molecule has 47 heavy (non-hydrogen) atoms. The number of hydrogen-bond acceptors (Lipinski definition) is 13. The molecule has 0 unspecified atom stereocenters. The monoisotopic (exact) mass is 682 g/mol. The fraction of sp³-hybridized carbons (Fsp3) is 0.941. The van der Waals surface area contributed by atoms with Gasteiger partial charge in [-0.3, -0.25) is 9.59 Å². The van der Waals surface area contributed by atoms with Gasteiger partial charge in [-0.15, -0.1) is 0 Å². The standard InChI is InChI=1S/C34H66O13/c1-33(2,3)31(35)7-9-37-11-13-39-15-17-41-19-21-43-23-25-45-27-29-47-30-28-46-26-24-44-22-20-42-18-16-40-14-12-38-10-8-32(36)34(4,5)6/h7-30H2,1-6H3. The van der Waals surface area contributed by atoms with Crippen molar-refractivity contribution < 1.29 is 61.7 Å². The predicted molar refractivity (Wildman–Crippen MR) is 177 cm³/mol. The zero-order valence-corrected chi connectivity index (χ0v) is 30.3. The fourth-order valence-electron chi connectivity index (χ4n) is 3.38. The summed E-state index contributed by atoms with van der Waals surface area (Å²) in [6, 6.07) is 0. The molecule has 0 spiro atoms. The minimum absolute atomic E-state index is 0.201. The highest BCUT2D eigenvalue weighted by molar-refractivity contribution is 5.84. The third-order valence-corrected chi connectivity index (χ3v) is 6.34. The first-order chi connectivity index (χ1) is 22.5. The van der Waals surface area contributed by atoms with Gasteiger partial charge in [-0.25, -0.2) is 0 Å². The van der Waals surface area contributed by atoms with Crippen molar-refractivity contribution in [2.45, 2.75) is 54.4 Å². The van der Waals surface area contributed by atoms with Crippen LogP contribution < -0.4 is 0 Å². The first-order valence-electron chi connectivity index (χ1n) is 17.0. The van der Waals surface area contributed by atoms with E-state index < -0.39 is 0 Å². The van der Waals surface area contributed by atoms with Crippen LogP contribution in [0.2, 0.25) is 0 Å². The molecule has 0 bridgehead atoms. The van der Waals surface area contributed by atoms with Crippen LogP contribution in [0.3, 0.4) is 0 Å². The quantitative estimate of drug-likeness (QED) is 0.0897. The molecule has 0 aliphatic rings. The third-order valence-electron chi connectivity index (χ3n) is 6.34. The van der Waals surface area contributed by atoms with Crippen LogP contribution in [-0.2, 0) is 61.7 Å². The molecular formula is C34H66O13. The minimum Gasteiger partial charge on any atom is -0.379 e. The molecule has 13 nitrogen and oxygen atoms in total. The third kappa shape index (κ3) is 34.6. The van der Waals surface area contributed by atoms with E-state index in [1.165, 1.54) is 0 Å². The van der Waals surface area contributed by atoms with Gasteiger partial charge in [0.05, 0.1) is 145 Å². The summed E-state index contributed by atoms with van der Waals surface area (Å²) in [6.45, 7) is 22.1. The molecule has 0 fully saturated rings. The van der Waals surface area contributed by atoms with E-state index in [1.807, 2.05) is 41.5 Å². The van der Waals surface area contributed by atoms with Crippen LogP contribution >= 0.6 is 0 Å². The molecule has 0 aromatic carbocycles. The maximum atomic E-state index is 11.8. The Bertz CT molecular complexity index is 649. The Hall–Kier alpha value is -1.10. The average molecular weight is 683 g/mol. The van der Waals surface area contributed by atoms with Crippen molar-refractivity contribution in [3.05, 3.63) is 0 Å². The Morgan fingerprint density at radius 1 is 0.277 bits per heavy atom. The lowest BCUT2D eigenvalue weighted by Crippen LogP contribution is -2.22. The van der Waals surface area contributed by atoms with E-state index in [2.05, 4.69) is 0 Å². The molecular weight excluding hydrogens is 616 g/mol. The van der Waals surface area contributed by atoms with Crippen molar-refractivity contribution in [1.82, 2.24) is 0 Å². The number of rotatable bonds is 36. The lowest BCUT2D eigenvalue weighted by molar-refractivity contribution is -0.128. The Morgan fingerprint density at radius 3 is 0.532 bits per heavy atom. The summed E-state index contributed by atoms with van der Waals surface area (Å²) in [5, 5.41) is 0. The molecule has 0 aliphatic heterocycles. The Kier molecular flexibility index (Phi) is 31.4. The van der Waals surface area contributed by atoms with E-state index in [0.717, 1.165) is 0 Å². The molecule has 0 aromatic heterocycles. The number of carbonyl (C=O) groups is 2. The Labute approximate surface area is 283 Å². The lowest BCUT2D eigenvalue weighted by atomic mass is 9.89. The van der Waals surface area contributed by atoms with E-state index in [-0.39, 0.29) is 22.4 Å². The van der Waals surface area contributed by atoms with Crippen molar-refractivity contribution in [2.75, 3.05) is 145 Å². The van der Waals surface area contributed by atoms with Crippen molar-refractivity contribution in [2.24, 2.45) is 10.8 Å². The predicted octanol–water partition coefficient (Wildman–Crippen LogP) is 3.18. The van der Waals surface area contributed by atoms with Gasteiger partial charge in [0.25, 0.3) is 0 Å². The average Bonchev–Trinajstić information content (AvgIpc) is 3.01. The van der Waals surface area contributed by atoms with Crippen LogP contribution in [0.1, 0.15) is 54.4 Å². The van der Waals surface area contributed by atoms with Crippen molar-refractivity contribution in [3.8, 4) is 0 Å². The van der Waals surface area contributed by atoms with Gasteiger partial charge in [-0.2, -0.15) is 0 Å². The second-order valence-corrected chi connectivity index (χ2v) is 12.6. The van der Waals surface area contributed by atoms with E-state index in [9.17, 15) is 9.59 Å². The summed E-state index contributed by atoms with van der Waals surface area (Å²) >= 11 is 0. The Morgan fingerprint density at radius 2 is 0.404 bits per heavy atom. The maximum absolute atomic E-state index is 11.8. The summed E-state index contributed by atoms with van der Waals surface area (Å²) in [5.41, 5.74) is -0.631. The highest BCUT2D eigenvalue weighted by atomic mass is 16.6. The van der Waals surface area contributed by atoms with Gasteiger partial charge >= 0.3 is 0 Å². The molecule has 0 saturated carbocycles.